The Hall–Kier alpha value is 0.0200. The van der Waals surface area contributed by atoms with Crippen molar-refractivity contribution in [3.63, 3.8) is 0 Å². The number of ketones is 1. The van der Waals surface area contributed by atoms with Gasteiger partial charge in [-0.15, -0.1) is 0 Å². The molecule has 0 aromatic carbocycles. The van der Waals surface area contributed by atoms with Crippen LogP contribution in [0, 0.1) is 17.8 Å². The number of Topliss-reactive ketones (excluding diaryl/α,β-unsaturated/α-hetero) is 1. The van der Waals surface area contributed by atoms with E-state index in [1.54, 1.807) is 0 Å². The van der Waals surface area contributed by atoms with Gasteiger partial charge in [0.15, 0.2) is 0 Å². The third-order valence-electron chi connectivity index (χ3n) is 3.57. The predicted molar refractivity (Wildman–Crippen MR) is 72.9 cm³/mol. The lowest BCUT2D eigenvalue weighted by Gasteiger charge is -2.26. The molecule has 1 rings (SSSR count). The summed E-state index contributed by atoms with van der Waals surface area (Å²) < 4.78 is 0. The third-order valence-corrected chi connectivity index (χ3v) is 4.97. The highest BCUT2D eigenvalue weighted by Crippen LogP contribution is 2.31. The molecule has 0 N–H and O–H groups in total. The molecular weight excluding hydrogens is 216 g/mol. The zero-order valence-electron chi connectivity index (χ0n) is 11.0. The summed E-state index contributed by atoms with van der Waals surface area (Å²) in [5.74, 6) is 4.37. The van der Waals surface area contributed by atoms with Gasteiger partial charge in [-0.3, -0.25) is 4.79 Å². The molecule has 1 fully saturated rings. The summed E-state index contributed by atoms with van der Waals surface area (Å²) in [5, 5.41) is 0. The number of carbonyl (C=O) groups excluding carboxylic acids is 1. The average molecular weight is 242 g/mol. The molecule has 2 heteroatoms. The molecule has 1 nitrogen and oxygen atoms in total. The van der Waals surface area contributed by atoms with Crippen LogP contribution in [0.2, 0.25) is 0 Å². The van der Waals surface area contributed by atoms with Crippen LogP contribution in [0.25, 0.3) is 0 Å². The molecule has 0 aromatic heterocycles. The van der Waals surface area contributed by atoms with Gasteiger partial charge in [0.1, 0.15) is 5.78 Å². The van der Waals surface area contributed by atoms with E-state index in [0.717, 1.165) is 30.3 Å². The van der Waals surface area contributed by atoms with Crippen LogP contribution in [0.15, 0.2) is 0 Å². The van der Waals surface area contributed by atoms with Crippen molar-refractivity contribution in [2.45, 2.75) is 52.9 Å². The molecule has 1 aliphatic carbocycles. The fourth-order valence-electron chi connectivity index (χ4n) is 2.41. The highest BCUT2D eigenvalue weighted by molar-refractivity contribution is 7.99. The van der Waals surface area contributed by atoms with E-state index in [-0.39, 0.29) is 0 Å². The second-order valence-electron chi connectivity index (χ2n) is 5.50. The van der Waals surface area contributed by atoms with Gasteiger partial charge in [-0.1, -0.05) is 27.2 Å². The summed E-state index contributed by atoms with van der Waals surface area (Å²) in [4.78, 5) is 12.0. The van der Waals surface area contributed by atoms with Gasteiger partial charge < -0.3 is 0 Å². The molecule has 94 valence electrons. The van der Waals surface area contributed by atoms with Gasteiger partial charge in [0.2, 0.25) is 0 Å². The fraction of sp³-hybridized carbons (Fsp3) is 0.929. The van der Waals surface area contributed by atoms with Crippen molar-refractivity contribution < 1.29 is 4.79 Å². The molecule has 0 spiro atoms. The largest absolute Gasteiger partial charge is 0.298 e. The number of hydrogen-bond donors (Lipinski definition) is 0. The van der Waals surface area contributed by atoms with Crippen molar-refractivity contribution in [3.8, 4) is 0 Å². The lowest BCUT2D eigenvalue weighted by atomic mass is 9.79. The van der Waals surface area contributed by atoms with E-state index in [0.29, 0.717) is 17.6 Å². The van der Waals surface area contributed by atoms with Gasteiger partial charge in [0.05, 0.1) is 5.75 Å². The molecule has 0 aliphatic heterocycles. The minimum absolute atomic E-state index is 0.391. The summed E-state index contributed by atoms with van der Waals surface area (Å²) in [7, 11) is 0. The molecule has 0 bridgehead atoms. The normalized spacial score (nSPS) is 26.0. The number of rotatable bonds is 6. The first-order valence-electron chi connectivity index (χ1n) is 6.74. The van der Waals surface area contributed by atoms with Gasteiger partial charge in [0.25, 0.3) is 0 Å². The van der Waals surface area contributed by atoms with Crippen LogP contribution < -0.4 is 0 Å². The monoisotopic (exact) mass is 242 g/mol. The predicted octanol–water partition coefficient (Wildman–Crippen LogP) is 4.16. The van der Waals surface area contributed by atoms with Crippen LogP contribution in [0.3, 0.4) is 0 Å². The van der Waals surface area contributed by atoms with Gasteiger partial charge in [-0.2, -0.15) is 11.8 Å². The minimum Gasteiger partial charge on any atom is -0.298 e. The van der Waals surface area contributed by atoms with E-state index in [1.807, 2.05) is 11.8 Å². The number of carbonyl (C=O) groups is 1. The SMILES string of the molecule is CCC1CCC(C(=O)CSCC(C)C)CC1. The van der Waals surface area contributed by atoms with E-state index < -0.39 is 0 Å². The van der Waals surface area contributed by atoms with Crippen LogP contribution in [-0.4, -0.2) is 17.3 Å². The first-order valence-corrected chi connectivity index (χ1v) is 7.89. The molecule has 0 heterocycles. The summed E-state index contributed by atoms with van der Waals surface area (Å²) in [6.45, 7) is 6.69. The topological polar surface area (TPSA) is 17.1 Å². The molecule has 0 amide bonds. The van der Waals surface area contributed by atoms with Crippen LogP contribution in [0.4, 0.5) is 0 Å². The van der Waals surface area contributed by atoms with Crippen molar-refractivity contribution in [1.82, 2.24) is 0 Å². The van der Waals surface area contributed by atoms with Gasteiger partial charge in [-0.05, 0) is 43.3 Å². The van der Waals surface area contributed by atoms with Crippen molar-refractivity contribution in [2.75, 3.05) is 11.5 Å². The van der Waals surface area contributed by atoms with Gasteiger partial charge in [-0.25, -0.2) is 0 Å². The second-order valence-corrected chi connectivity index (χ2v) is 6.53. The maximum atomic E-state index is 12.0. The van der Waals surface area contributed by atoms with Crippen molar-refractivity contribution in [1.29, 1.82) is 0 Å². The Morgan fingerprint density at radius 3 is 2.38 bits per heavy atom. The van der Waals surface area contributed by atoms with E-state index in [4.69, 9.17) is 0 Å². The molecule has 0 saturated heterocycles. The van der Waals surface area contributed by atoms with E-state index in [2.05, 4.69) is 20.8 Å². The van der Waals surface area contributed by atoms with E-state index in [9.17, 15) is 4.79 Å². The highest BCUT2D eigenvalue weighted by Gasteiger charge is 2.24. The van der Waals surface area contributed by atoms with E-state index >= 15 is 0 Å². The summed E-state index contributed by atoms with van der Waals surface area (Å²) in [6, 6.07) is 0. The van der Waals surface area contributed by atoms with Crippen molar-refractivity contribution in [3.05, 3.63) is 0 Å². The molecule has 1 aliphatic rings. The molecular formula is C14H26OS. The summed E-state index contributed by atoms with van der Waals surface area (Å²) in [6.07, 6.45) is 6.16. The van der Waals surface area contributed by atoms with Crippen LogP contribution in [0.1, 0.15) is 52.9 Å². The molecule has 0 aromatic rings. The van der Waals surface area contributed by atoms with Gasteiger partial charge in [0, 0.05) is 5.92 Å². The standard InChI is InChI=1S/C14H26OS/c1-4-12-5-7-13(8-6-12)14(15)10-16-9-11(2)3/h11-13H,4-10H2,1-3H3. The molecule has 16 heavy (non-hydrogen) atoms. The zero-order chi connectivity index (χ0) is 12.0. The minimum atomic E-state index is 0.391. The third kappa shape index (κ3) is 4.90. The maximum Gasteiger partial charge on any atom is 0.145 e. The van der Waals surface area contributed by atoms with Gasteiger partial charge >= 0.3 is 0 Å². The Balaban J connectivity index is 2.18. The Kier molecular flexibility index (Phi) is 6.48. The highest BCUT2D eigenvalue weighted by atomic mass is 32.2. The number of hydrogen-bond acceptors (Lipinski definition) is 2. The lowest BCUT2D eigenvalue weighted by Crippen LogP contribution is -2.23. The second kappa shape index (κ2) is 7.37. The molecule has 0 radical (unpaired) electrons. The number of thioether (sulfide) groups is 1. The Morgan fingerprint density at radius 1 is 1.25 bits per heavy atom. The van der Waals surface area contributed by atoms with Crippen molar-refractivity contribution >= 4 is 17.5 Å². The van der Waals surface area contributed by atoms with Crippen LogP contribution >= 0.6 is 11.8 Å². The maximum absolute atomic E-state index is 12.0. The van der Waals surface area contributed by atoms with Crippen LogP contribution in [0.5, 0.6) is 0 Å². The van der Waals surface area contributed by atoms with E-state index in [1.165, 1.54) is 19.3 Å². The average Bonchev–Trinajstić information content (AvgIpc) is 2.28. The Morgan fingerprint density at radius 2 is 1.88 bits per heavy atom. The zero-order valence-corrected chi connectivity index (χ0v) is 11.8. The smallest absolute Gasteiger partial charge is 0.145 e. The first kappa shape index (κ1) is 14.1. The lowest BCUT2D eigenvalue weighted by molar-refractivity contribution is -0.121. The van der Waals surface area contributed by atoms with Crippen LogP contribution in [-0.2, 0) is 4.79 Å². The molecule has 1 saturated carbocycles. The molecule has 0 atom stereocenters. The Bertz CT molecular complexity index is 205. The first-order chi connectivity index (χ1) is 7.63. The summed E-state index contributed by atoms with van der Waals surface area (Å²) >= 11 is 1.82. The quantitative estimate of drug-likeness (QED) is 0.695. The Labute approximate surface area is 105 Å². The molecule has 0 unspecified atom stereocenters. The fourth-order valence-corrected chi connectivity index (χ4v) is 3.43. The van der Waals surface area contributed by atoms with Crippen molar-refractivity contribution in [2.24, 2.45) is 17.8 Å². The summed E-state index contributed by atoms with van der Waals surface area (Å²) in [5.41, 5.74) is 0.